The first-order valence-corrected chi connectivity index (χ1v) is 9.73. The van der Waals surface area contributed by atoms with Crippen LogP contribution in [-0.4, -0.2) is 33.4 Å². The minimum Gasteiger partial charge on any atom is -0.339 e. The molecule has 3 aromatic rings. The quantitative estimate of drug-likeness (QED) is 0.692. The highest BCUT2D eigenvalue weighted by Gasteiger charge is 2.44. The molecule has 2 aliphatic heterocycles. The van der Waals surface area contributed by atoms with Crippen LogP contribution in [0.1, 0.15) is 35.4 Å². The highest BCUT2D eigenvalue weighted by atomic mass is 16.2. The van der Waals surface area contributed by atoms with Gasteiger partial charge in [0.2, 0.25) is 0 Å². The molecule has 0 saturated carbocycles. The minimum absolute atomic E-state index is 0.125. The van der Waals surface area contributed by atoms with Gasteiger partial charge in [-0.2, -0.15) is 0 Å². The average Bonchev–Trinajstić information content (AvgIpc) is 3.31. The van der Waals surface area contributed by atoms with E-state index >= 15 is 0 Å². The normalized spacial score (nSPS) is 17.9. The first-order valence-electron chi connectivity index (χ1n) is 9.73. The second kappa shape index (κ2) is 6.38. The van der Waals surface area contributed by atoms with Gasteiger partial charge >= 0.3 is 0 Å². The summed E-state index contributed by atoms with van der Waals surface area (Å²) < 4.78 is 2.39. The molecule has 0 atom stereocenters. The third-order valence-electron chi connectivity index (χ3n) is 6.24. The molecule has 1 amide bonds. The molecule has 4 nitrogen and oxygen atoms in total. The fourth-order valence-corrected chi connectivity index (χ4v) is 4.68. The van der Waals surface area contributed by atoms with Crippen LogP contribution in [0.5, 0.6) is 0 Å². The molecule has 1 aromatic heterocycles. The lowest BCUT2D eigenvalue weighted by Gasteiger charge is -2.38. The van der Waals surface area contributed by atoms with E-state index in [0.717, 1.165) is 44.5 Å². The lowest BCUT2D eigenvalue weighted by atomic mass is 9.76. The number of piperidine rings is 1. The van der Waals surface area contributed by atoms with Crippen molar-refractivity contribution in [3.8, 4) is 11.3 Å². The summed E-state index contributed by atoms with van der Waals surface area (Å²) in [7, 11) is 0. The second-order valence-electron chi connectivity index (χ2n) is 7.67. The molecule has 136 valence electrons. The van der Waals surface area contributed by atoms with Crippen molar-refractivity contribution in [3.63, 3.8) is 0 Å². The van der Waals surface area contributed by atoms with Crippen molar-refractivity contribution in [2.24, 2.45) is 0 Å². The molecular formula is C23H23N3O. The van der Waals surface area contributed by atoms with Crippen molar-refractivity contribution in [3.05, 3.63) is 78.2 Å². The van der Waals surface area contributed by atoms with Crippen LogP contribution in [0.15, 0.2) is 66.9 Å². The number of rotatable bonds is 2. The Morgan fingerprint density at radius 3 is 2.19 bits per heavy atom. The predicted molar refractivity (Wildman–Crippen MR) is 106 cm³/mol. The van der Waals surface area contributed by atoms with Gasteiger partial charge in [-0.15, -0.1) is 0 Å². The average molecular weight is 357 g/mol. The van der Waals surface area contributed by atoms with E-state index < -0.39 is 0 Å². The molecule has 1 fully saturated rings. The Morgan fingerprint density at radius 1 is 0.852 bits per heavy atom. The van der Waals surface area contributed by atoms with E-state index in [9.17, 15) is 4.79 Å². The van der Waals surface area contributed by atoms with E-state index in [-0.39, 0.29) is 11.3 Å². The lowest BCUT2D eigenvalue weighted by molar-refractivity contribution is 0.0663. The summed E-state index contributed by atoms with van der Waals surface area (Å²) in [6.45, 7) is 2.63. The summed E-state index contributed by atoms with van der Waals surface area (Å²) in [6, 6.07) is 20.1. The van der Waals surface area contributed by atoms with Gasteiger partial charge in [-0.1, -0.05) is 48.5 Å². The first-order chi connectivity index (χ1) is 13.3. The number of amides is 1. The summed E-state index contributed by atoms with van der Waals surface area (Å²) in [5, 5.41) is 0. The molecule has 1 saturated heterocycles. The smallest absolute Gasteiger partial charge is 0.253 e. The number of hydrogen-bond donors (Lipinski definition) is 0. The second-order valence-corrected chi connectivity index (χ2v) is 7.67. The largest absolute Gasteiger partial charge is 0.339 e. The molecule has 5 rings (SSSR count). The number of benzene rings is 2. The summed E-state index contributed by atoms with van der Waals surface area (Å²) in [4.78, 5) is 19.6. The fourth-order valence-electron chi connectivity index (χ4n) is 4.68. The molecule has 0 aliphatic carbocycles. The zero-order valence-corrected chi connectivity index (χ0v) is 15.3. The van der Waals surface area contributed by atoms with Crippen molar-refractivity contribution >= 4 is 5.91 Å². The van der Waals surface area contributed by atoms with E-state index in [1.54, 1.807) is 0 Å². The Hall–Kier alpha value is -2.88. The Labute approximate surface area is 159 Å². The van der Waals surface area contributed by atoms with Gasteiger partial charge in [-0.3, -0.25) is 4.79 Å². The van der Waals surface area contributed by atoms with Crippen LogP contribution in [0.25, 0.3) is 11.3 Å². The van der Waals surface area contributed by atoms with Crippen LogP contribution in [0.4, 0.5) is 0 Å². The molecule has 4 heteroatoms. The van der Waals surface area contributed by atoms with Crippen LogP contribution < -0.4 is 0 Å². The maximum absolute atomic E-state index is 12.7. The third-order valence-corrected chi connectivity index (χ3v) is 6.24. The zero-order valence-electron chi connectivity index (χ0n) is 15.3. The standard InChI is InChI=1S/C23H23N3O/c27-21(19-9-5-2-6-10-19)25-14-11-23(12-15-25)13-16-26-20(17-24-22(23)26)18-7-3-1-4-8-18/h1-10,17H,11-16H2. The summed E-state index contributed by atoms with van der Waals surface area (Å²) in [6.07, 6.45) is 5.14. The van der Waals surface area contributed by atoms with Crippen LogP contribution >= 0.6 is 0 Å². The molecule has 0 bridgehead atoms. The molecular weight excluding hydrogens is 334 g/mol. The summed E-state index contributed by atoms with van der Waals surface area (Å²) in [5.74, 6) is 1.37. The molecule has 27 heavy (non-hydrogen) atoms. The number of fused-ring (bicyclic) bond motifs is 2. The van der Waals surface area contributed by atoms with Gasteiger partial charge in [-0.05, 0) is 37.0 Å². The topological polar surface area (TPSA) is 38.1 Å². The number of carbonyl (C=O) groups is 1. The predicted octanol–water partition coefficient (Wildman–Crippen LogP) is 4.13. The highest BCUT2D eigenvalue weighted by Crippen LogP contribution is 2.44. The van der Waals surface area contributed by atoms with Crippen LogP contribution in [0.3, 0.4) is 0 Å². The van der Waals surface area contributed by atoms with Gasteiger partial charge < -0.3 is 9.47 Å². The number of carbonyl (C=O) groups excluding carboxylic acids is 1. The van der Waals surface area contributed by atoms with E-state index in [0.29, 0.717) is 0 Å². The maximum atomic E-state index is 12.7. The SMILES string of the molecule is O=C(c1ccccc1)N1CCC2(CC1)CCn1c(-c3ccccc3)cnc12. The molecule has 0 N–H and O–H groups in total. The van der Waals surface area contributed by atoms with Crippen molar-refractivity contribution in [1.82, 2.24) is 14.5 Å². The van der Waals surface area contributed by atoms with Gasteiger partial charge in [0.05, 0.1) is 11.9 Å². The molecule has 1 spiro atoms. The minimum atomic E-state index is 0.125. The molecule has 0 unspecified atom stereocenters. The Kier molecular flexibility index (Phi) is 3.85. The summed E-state index contributed by atoms with van der Waals surface area (Å²) in [5.41, 5.74) is 3.35. The Balaban J connectivity index is 1.36. The van der Waals surface area contributed by atoms with E-state index in [1.807, 2.05) is 47.5 Å². The van der Waals surface area contributed by atoms with E-state index in [1.165, 1.54) is 17.1 Å². The lowest BCUT2D eigenvalue weighted by Crippen LogP contribution is -2.44. The van der Waals surface area contributed by atoms with Gasteiger partial charge in [0.25, 0.3) is 5.91 Å². The molecule has 2 aromatic carbocycles. The highest BCUT2D eigenvalue weighted by molar-refractivity contribution is 5.94. The van der Waals surface area contributed by atoms with Gasteiger partial charge in [0.1, 0.15) is 5.82 Å². The summed E-state index contributed by atoms with van der Waals surface area (Å²) >= 11 is 0. The van der Waals surface area contributed by atoms with Crippen LogP contribution in [-0.2, 0) is 12.0 Å². The van der Waals surface area contributed by atoms with E-state index in [2.05, 4.69) is 28.8 Å². The van der Waals surface area contributed by atoms with Gasteiger partial charge in [0.15, 0.2) is 0 Å². The fraction of sp³-hybridized carbons (Fsp3) is 0.304. The molecule has 3 heterocycles. The number of aromatic nitrogens is 2. The maximum Gasteiger partial charge on any atom is 0.253 e. The zero-order chi connectivity index (χ0) is 18.3. The Bertz CT molecular complexity index is 954. The first kappa shape index (κ1) is 16.3. The number of imidazole rings is 1. The van der Waals surface area contributed by atoms with Gasteiger partial charge in [0, 0.05) is 30.6 Å². The monoisotopic (exact) mass is 357 g/mol. The van der Waals surface area contributed by atoms with Crippen molar-refractivity contribution in [2.45, 2.75) is 31.2 Å². The van der Waals surface area contributed by atoms with Crippen molar-refractivity contribution < 1.29 is 4.79 Å². The Morgan fingerprint density at radius 2 is 1.48 bits per heavy atom. The van der Waals surface area contributed by atoms with Crippen LogP contribution in [0, 0.1) is 0 Å². The number of hydrogen-bond acceptors (Lipinski definition) is 2. The molecule has 0 radical (unpaired) electrons. The van der Waals surface area contributed by atoms with Gasteiger partial charge in [-0.25, -0.2) is 4.98 Å². The van der Waals surface area contributed by atoms with Crippen LogP contribution in [0.2, 0.25) is 0 Å². The number of nitrogens with zero attached hydrogens (tertiary/aromatic N) is 3. The van der Waals surface area contributed by atoms with Crippen molar-refractivity contribution in [2.75, 3.05) is 13.1 Å². The third kappa shape index (κ3) is 2.67. The van der Waals surface area contributed by atoms with Crippen molar-refractivity contribution in [1.29, 1.82) is 0 Å². The van der Waals surface area contributed by atoms with E-state index in [4.69, 9.17) is 4.98 Å². The number of likely N-dealkylation sites (tertiary alicyclic amines) is 1. The molecule has 2 aliphatic rings.